The maximum absolute atomic E-state index is 8.27. The maximum atomic E-state index is 8.27. The van der Waals surface area contributed by atoms with Crippen LogP contribution in [0.15, 0.2) is 72.0 Å². The average molecular weight is 386 g/mol. The summed E-state index contributed by atoms with van der Waals surface area (Å²) in [5.74, 6) is 0.638. The fourth-order valence-corrected chi connectivity index (χ4v) is 3.46. The van der Waals surface area contributed by atoms with Gasteiger partial charge in [0.05, 0.1) is 5.69 Å². The molecular formula is C21H18N6S. The van der Waals surface area contributed by atoms with Gasteiger partial charge in [-0.2, -0.15) is 0 Å². The molecule has 6 nitrogen and oxygen atoms in total. The molecule has 0 radical (unpaired) electrons. The van der Waals surface area contributed by atoms with Crippen molar-refractivity contribution in [3.05, 3.63) is 72.6 Å². The van der Waals surface area contributed by atoms with Gasteiger partial charge in [0.2, 0.25) is 0 Å². The van der Waals surface area contributed by atoms with Gasteiger partial charge >= 0.3 is 0 Å². The Morgan fingerprint density at radius 1 is 1.14 bits per heavy atom. The van der Waals surface area contributed by atoms with Crippen molar-refractivity contribution in [1.82, 2.24) is 15.0 Å². The molecule has 0 aliphatic carbocycles. The monoisotopic (exact) mass is 386 g/mol. The summed E-state index contributed by atoms with van der Waals surface area (Å²) in [7, 11) is 1.61. The van der Waals surface area contributed by atoms with Crippen LogP contribution in [0, 0.1) is 5.41 Å². The number of hydrogen-bond acceptors (Lipinski definition) is 5. The van der Waals surface area contributed by atoms with Gasteiger partial charge < -0.3 is 10.7 Å². The van der Waals surface area contributed by atoms with Crippen molar-refractivity contribution in [3.8, 4) is 22.6 Å². The number of nitrogens with zero attached hydrogens (tertiary/aromatic N) is 3. The van der Waals surface area contributed by atoms with E-state index in [0.717, 1.165) is 45.0 Å². The van der Waals surface area contributed by atoms with Crippen molar-refractivity contribution >= 4 is 32.9 Å². The first-order valence-corrected chi connectivity index (χ1v) is 9.46. The zero-order valence-electron chi connectivity index (χ0n) is 15.2. The Kier molecular flexibility index (Phi) is 4.90. The van der Waals surface area contributed by atoms with Crippen LogP contribution < -0.4 is 5.73 Å². The molecule has 2 heterocycles. The second-order valence-corrected chi connectivity index (χ2v) is 7.12. The van der Waals surface area contributed by atoms with Crippen molar-refractivity contribution in [2.45, 2.75) is 0 Å². The fraction of sp³-hybridized carbons (Fsp3) is 0.0476. The van der Waals surface area contributed by atoms with Crippen LogP contribution in [0.1, 0.15) is 5.56 Å². The Bertz CT molecular complexity index is 1180. The van der Waals surface area contributed by atoms with Gasteiger partial charge in [0.25, 0.3) is 0 Å². The minimum Gasteiger partial charge on any atom is -0.378 e. The minimum atomic E-state index is 0.344. The van der Waals surface area contributed by atoms with Crippen LogP contribution in [-0.2, 0) is 0 Å². The molecule has 2 aromatic carbocycles. The molecule has 0 amide bonds. The maximum Gasteiger partial charge on any atom is 0.161 e. The first-order valence-electron chi connectivity index (χ1n) is 8.64. The van der Waals surface area contributed by atoms with E-state index < -0.39 is 0 Å². The Balaban J connectivity index is 1.75. The van der Waals surface area contributed by atoms with E-state index >= 15 is 0 Å². The lowest BCUT2D eigenvalue weighted by Gasteiger charge is -2.05. The molecule has 0 saturated heterocycles. The third-order valence-corrected chi connectivity index (χ3v) is 5.17. The topological polar surface area (TPSA) is 104 Å². The summed E-state index contributed by atoms with van der Waals surface area (Å²) in [5.41, 5.74) is 10.3. The number of aromatic amines is 1. The molecular weight excluding hydrogens is 368 g/mol. The van der Waals surface area contributed by atoms with Crippen molar-refractivity contribution in [1.29, 1.82) is 5.41 Å². The number of aliphatic imine (C=N–C) groups is 1. The van der Waals surface area contributed by atoms with Gasteiger partial charge in [-0.15, -0.1) is 0 Å². The molecule has 0 fully saturated rings. The summed E-state index contributed by atoms with van der Waals surface area (Å²) in [6.45, 7) is 0. The molecule has 0 bridgehead atoms. The van der Waals surface area contributed by atoms with E-state index in [1.54, 1.807) is 13.2 Å². The van der Waals surface area contributed by atoms with Crippen LogP contribution in [0.5, 0.6) is 0 Å². The van der Waals surface area contributed by atoms with Crippen LogP contribution in [0.2, 0.25) is 0 Å². The van der Waals surface area contributed by atoms with Crippen molar-refractivity contribution in [2.75, 3.05) is 7.05 Å². The van der Waals surface area contributed by atoms with E-state index in [0.29, 0.717) is 16.0 Å². The molecule has 0 aliphatic heterocycles. The average Bonchev–Trinajstić information content (AvgIpc) is 3.17. The number of nitrogens with two attached hydrogens (primary N) is 1. The zero-order valence-corrected chi connectivity index (χ0v) is 16.0. The van der Waals surface area contributed by atoms with Gasteiger partial charge in [-0.05, 0) is 30.0 Å². The van der Waals surface area contributed by atoms with Crippen LogP contribution in [0.3, 0.4) is 0 Å². The van der Waals surface area contributed by atoms with Crippen molar-refractivity contribution in [3.63, 3.8) is 0 Å². The van der Waals surface area contributed by atoms with Gasteiger partial charge in [0.15, 0.2) is 11.0 Å². The summed E-state index contributed by atoms with van der Waals surface area (Å²) in [4.78, 5) is 16.4. The largest absolute Gasteiger partial charge is 0.378 e. The van der Waals surface area contributed by atoms with E-state index in [9.17, 15) is 0 Å². The number of thioether (sulfide) groups is 1. The van der Waals surface area contributed by atoms with E-state index in [1.807, 2.05) is 60.8 Å². The first kappa shape index (κ1) is 17.9. The molecule has 138 valence electrons. The minimum absolute atomic E-state index is 0.344. The summed E-state index contributed by atoms with van der Waals surface area (Å²) in [6, 6.07) is 17.7. The lowest BCUT2D eigenvalue weighted by atomic mass is 10.1. The Morgan fingerprint density at radius 3 is 2.75 bits per heavy atom. The number of aromatic nitrogens is 3. The number of rotatable bonds is 3. The normalized spacial score (nSPS) is 11.7. The van der Waals surface area contributed by atoms with Crippen molar-refractivity contribution < 1.29 is 0 Å². The Labute approximate surface area is 166 Å². The van der Waals surface area contributed by atoms with E-state index in [2.05, 4.69) is 15.0 Å². The molecule has 0 aliphatic rings. The van der Waals surface area contributed by atoms with Crippen LogP contribution >= 0.6 is 11.8 Å². The number of amidine groups is 1. The number of hydrogen-bond donors (Lipinski definition) is 3. The molecule has 0 saturated carbocycles. The molecule has 0 spiro atoms. The highest BCUT2D eigenvalue weighted by atomic mass is 32.2. The number of H-pyrrole nitrogens is 1. The molecule has 0 unspecified atom stereocenters. The molecule has 7 heteroatoms. The van der Waals surface area contributed by atoms with Gasteiger partial charge in [-0.3, -0.25) is 10.4 Å². The Hall–Kier alpha value is -3.45. The lowest BCUT2D eigenvalue weighted by Crippen LogP contribution is -2.10. The fourth-order valence-electron chi connectivity index (χ4n) is 2.91. The summed E-state index contributed by atoms with van der Waals surface area (Å²) >= 11 is 1.13. The highest BCUT2D eigenvalue weighted by Gasteiger charge is 2.13. The van der Waals surface area contributed by atoms with Crippen LogP contribution in [0.4, 0.5) is 0 Å². The zero-order chi connectivity index (χ0) is 19.5. The molecule has 4 N–H and O–H groups in total. The van der Waals surface area contributed by atoms with Gasteiger partial charge in [-0.25, -0.2) is 9.97 Å². The second-order valence-electron chi connectivity index (χ2n) is 6.09. The smallest absolute Gasteiger partial charge is 0.161 e. The van der Waals surface area contributed by atoms with E-state index in [-0.39, 0.29) is 0 Å². The highest BCUT2D eigenvalue weighted by Crippen LogP contribution is 2.29. The predicted molar refractivity (Wildman–Crippen MR) is 117 cm³/mol. The molecule has 0 atom stereocenters. The van der Waals surface area contributed by atoms with Gasteiger partial charge in [0, 0.05) is 47.0 Å². The number of fused-ring (bicyclic) bond motifs is 1. The third kappa shape index (κ3) is 3.52. The van der Waals surface area contributed by atoms with E-state index in [1.165, 1.54) is 0 Å². The molecule has 4 rings (SSSR count). The summed E-state index contributed by atoms with van der Waals surface area (Å²) in [5, 5.41) is 9.94. The third-order valence-electron chi connectivity index (χ3n) is 4.34. The SMILES string of the molecule is CN=C(N)SC(=N)c1ccc2[nH]cc(-c3nccc(-c4ccccc4)n3)c2c1. The highest BCUT2D eigenvalue weighted by molar-refractivity contribution is 8.26. The molecule has 2 aromatic heterocycles. The van der Waals surface area contributed by atoms with Gasteiger partial charge in [-0.1, -0.05) is 36.4 Å². The lowest BCUT2D eigenvalue weighted by molar-refractivity contribution is 1.18. The van der Waals surface area contributed by atoms with Crippen LogP contribution in [-0.4, -0.2) is 32.2 Å². The predicted octanol–water partition coefficient (Wildman–Crippen LogP) is 4.29. The number of nitrogens with one attached hydrogen (secondary N) is 2. The first-order chi connectivity index (χ1) is 13.7. The molecule has 28 heavy (non-hydrogen) atoms. The standard InChI is InChI=1S/C21H18N6S/c1-24-21(23)28-19(22)14-7-8-18-15(11-14)16(12-26-18)20-25-10-9-17(27-20)13-5-3-2-4-6-13/h2-12,22,26H,1H3,(H2,23,24). The van der Waals surface area contributed by atoms with Gasteiger partial charge in [0.1, 0.15) is 5.04 Å². The summed E-state index contributed by atoms with van der Waals surface area (Å²) < 4.78 is 0. The summed E-state index contributed by atoms with van der Waals surface area (Å²) in [6.07, 6.45) is 3.67. The second kappa shape index (κ2) is 7.66. The van der Waals surface area contributed by atoms with E-state index in [4.69, 9.17) is 16.1 Å². The van der Waals surface area contributed by atoms with Crippen LogP contribution in [0.25, 0.3) is 33.5 Å². The quantitative estimate of drug-likeness (QED) is 0.361. The Morgan fingerprint density at radius 2 is 1.96 bits per heavy atom. The van der Waals surface area contributed by atoms with Crippen molar-refractivity contribution in [2.24, 2.45) is 10.7 Å². The number of benzene rings is 2. The molecule has 4 aromatic rings.